The summed E-state index contributed by atoms with van der Waals surface area (Å²) in [6.45, 7) is 2.43. The second-order valence-electron chi connectivity index (χ2n) is 9.05. The van der Waals surface area contributed by atoms with Crippen molar-refractivity contribution in [1.82, 2.24) is 39.7 Å². The molecule has 9 heteroatoms. The fraction of sp³-hybridized carbons (Fsp3) is 0.0690. The molecule has 2 aromatic carbocycles. The molecule has 0 aliphatic heterocycles. The highest BCUT2D eigenvalue weighted by molar-refractivity contribution is 5.96. The van der Waals surface area contributed by atoms with Crippen LogP contribution in [0.2, 0.25) is 0 Å². The largest absolute Gasteiger partial charge is 0.487 e. The summed E-state index contributed by atoms with van der Waals surface area (Å²) < 4.78 is 7.87. The lowest BCUT2D eigenvalue weighted by molar-refractivity contribution is 0.305. The number of hydrogen-bond acceptors (Lipinski definition) is 6. The summed E-state index contributed by atoms with van der Waals surface area (Å²) in [5.41, 5.74) is 7.24. The van der Waals surface area contributed by atoms with Crippen LogP contribution in [0.3, 0.4) is 0 Å². The number of fused-ring (bicyclic) bond motifs is 2. The normalized spacial score (nSPS) is 11.4. The fourth-order valence-corrected chi connectivity index (χ4v) is 4.53. The number of pyridine rings is 2. The molecule has 2 N–H and O–H groups in total. The second kappa shape index (κ2) is 8.97. The van der Waals surface area contributed by atoms with E-state index in [4.69, 9.17) is 9.72 Å². The first-order chi connectivity index (χ1) is 18.7. The molecule has 184 valence electrons. The number of imidazole rings is 2. The summed E-state index contributed by atoms with van der Waals surface area (Å²) in [6, 6.07) is 20.2. The Balaban J connectivity index is 1.24. The van der Waals surface area contributed by atoms with E-state index in [1.807, 2.05) is 78.5 Å². The van der Waals surface area contributed by atoms with Crippen LogP contribution >= 0.6 is 0 Å². The topological polar surface area (TPSA) is 110 Å². The van der Waals surface area contributed by atoms with Gasteiger partial charge < -0.3 is 9.72 Å². The van der Waals surface area contributed by atoms with Crippen molar-refractivity contribution in [2.45, 2.75) is 13.5 Å². The molecule has 38 heavy (non-hydrogen) atoms. The molecule has 0 aliphatic rings. The van der Waals surface area contributed by atoms with Gasteiger partial charge in [0.15, 0.2) is 11.6 Å². The van der Waals surface area contributed by atoms with Gasteiger partial charge in [-0.2, -0.15) is 5.10 Å². The Morgan fingerprint density at radius 2 is 1.84 bits per heavy atom. The smallest absolute Gasteiger partial charge is 0.166 e. The summed E-state index contributed by atoms with van der Waals surface area (Å²) in [5.74, 6) is 2.09. The number of nitrogens with one attached hydrogen (secondary N) is 2. The van der Waals surface area contributed by atoms with Gasteiger partial charge in [0.1, 0.15) is 29.9 Å². The van der Waals surface area contributed by atoms with Gasteiger partial charge in [-0.15, -0.1) is 0 Å². The number of aromatic nitrogens is 8. The Bertz CT molecular complexity index is 1900. The molecule has 0 bridgehead atoms. The molecule has 0 spiro atoms. The van der Waals surface area contributed by atoms with E-state index in [0.29, 0.717) is 24.0 Å². The number of aromatic amines is 2. The molecule has 0 saturated heterocycles. The minimum absolute atomic E-state index is 0.485. The standard InChI is InChI=1S/C29H22N8O/c1-18-15-37(17-32-18)29-27-25(9-10-31-29)33-28(34-27)26-23-12-20(7-8-24(23)35-36-26)21-11-22(14-30-13-21)38-16-19-5-3-2-4-6-19/h2-15,17H,16H2,1H3,(H,33,34)(H,35,36). The highest BCUT2D eigenvalue weighted by Crippen LogP contribution is 2.32. The molecule has 9 nitrogen and oxygen atoms in total. The Kier molecular flexibility index (Phi) is 5.18. The predicted molar refractivity (Wildman–Crippen MR) is 145 cm³/mol. The maximum atomic E-state index is 5.99. The number of benzene rings is 2. The van der Waals surface area contributed by atoms with Crippen molar-refractivity contribution in [1.29, 1.82) is 0 Å². The zero-order valence-corrected chi connectivity index (χ0v) is 20.5. The molecule has 0 unspecified atom stereocenters. The van der Waals surface area contributed by atoms with Crippen LogP contribution in [-0.2, 0) is 6.61 Å². The molecular formula is C29H22N8O. The first-order valence-electron chi connectivity index (χ1n) is 12.2. The van der Waals surface area contributed by atoms with Crippen LogP contribution in [0.25, 0.3) is 50.4 Å². The number of hydrogen-bond donors (Lipinski definition) is 2. The molecule has 5 aromatic heterocycles. The number of aryl methyl sites for hydroxylation is 1. The predicted octanol–water partition coefficient (Wildman–Crippen LogP) is 5.64. The van der Waals surface area contributed by atoms with Crippen molar-refractivity contribution in [3.63, 3.8) is 0 Å². The third kappa shape index (κ3) is 3.96. The Morgan fingerprint density at radius 1 is 0.921 bits per heavy atom. The number of ether oxygens (including phenoxy) is 1. The lowest BCUT2D eigenvalue weighted by Gasteiger charge is -2.08. The van der Waals surface area contributed by atoms with Gasteiger partial charge in [0, 0.05) is 29.5 Å². The summed E-state index contributed by atoms with van der Waals surface area (Å²) in [5, 5.41) is 8.66. The Labute approximate surface area is 217 Å². The van der Waals surface area contributed by atoms with Gasteiger partial charge in [0.2, 0.25) is 0 Å². The second-order valence-corrected chi connectivity index (χ2v) is 9.05. The van der Waals surface area contributed by atoms with Crippen molar-refractivity contribution in [2.75, 3.05) is 0 Å². The van der Waals surface area contributed by atoms with E-state index in [2.05, 4.69) is 36.2 Å². The van der Waals surface area contributed by atoms with E-state index < -0.39 is 0 Å². The van der Waals surface area contributed by atoms with E-state index >= 15 is 0 Å². The SMILES string of the molecule is Cc1cn(-c2nccc3[nH]c(-c4n[nH]c5ccc(-c6cncc(OCc7ccccc7)c6)cc45)nc23)cn1. The maximum absolute atomic E-state index is 5.99. The first kappa shape index (κ1) is 21.9. The molecule has 7 aromatic rings. The van der Waals surface area contributed by atoms with Crippen molar-refractivity contribution < 1.29 is 4.74 Å². The third-order valence-corrected chi connectivity index (χ3v) is 6.42. The molecule has 0 amide bonds. The zero-order chi connectivity index (χ0) is 25.5. The van der Waals surface area contributed by atoms with E-state index in [1.165, 1.54) is 0 Å². The molecule has 5 heterocycles. The van der Waals surface area contributed by atoms with Crippen LogP contribution < -0.4 is 4.74 Å². The molecular weight excluding hydrogens is 476 g/mol. The average Bonchev–Trinajstić information content (AvgIpc) is 3.70. The summed E-state index contributed by atoms with van der Waals surface area (Å²) in [7, 11) is 0. The van der Waals surface area contributed by atoms with Crippen molar-refractivity contribution in [3.05, 3.63) is 103 Å². The van der Waals surface area contributed by atoms with Gasteiger partial charge in [-0.05, 0) is 42.3 Å². The van der Waals surface area contributed by atoms with Crippen LogP contribution in [0.15, 0.2) is 91.8 Å². The van der Waals surface area contributed by atoms with Crippen LogP contribution in [0, 0.1) is 6.92 Å². The maximum Gasteiger partial charge on any atom is 0.166 e. The van der Waals surface area contributed by atoms with E-state index in [0.717, 1.165) is 50.0 Å². The van der Waals surface area contributed by atoms with E-state index in [9.17, 15) is 0 Å². The molecule has 0 aliphatic carbocycles. The van der Waals surface area contributed by atoms with E-state index in [-0.39, 0.29) is 0 Å². The number of rotatable bonds is 6. The quantitative estimate of drug-likeness (QED) is 0.307. The lowest BCUT2D eigenvalue weighted by atomic mass is 10.0. The molecule has 7 rings (SSSR count). The van der Waals surface area contributed by atoms with Gasteiger partial charge in [-0.25, -0.2) is 15.0 Å². The fourth-order valence-electron chi connectivity index (χ4n) is 4.53. The van der Waals surface area contributed by atoms with Gasteiger partial charge >= 0.3 is 0 Å². The minimum atomic E-state index is 0.485. The van der Waals surface area contributed by atoms with Gasteiger partial charge in [0.25, 0.3) is 0 Å². The highest BCUT2D eigenvalue weighted by Gasteiger charge is 2.16. The van der Waals surface area contributed by atoms with Crippen LogP contribution in [0.1, 0.15) is 11.3 Å². The minimum Gasteiger partial charge on any atom is -0.487 e. The first-order valence-corrected chi connectivity index (χ1v) is 12.2. The monoisotopic (exact) mass is 498 g/mol. The molecule has 0 radical (unpaired) electrons. The summed E-state index contributed by atoms with van der Waals surface area (Å²) in [4.78, 5) is 21.6. The average molecular weight is 499 g/mol. The van der Waals surface area contributed by atoms with Gasteiger partial charge in [-0.1, -0.05) is 36.4 Å². The third-order valence-electron chi connectivity index (χ3n) is 6.42. The number of nitrogens with zero attached hydrogens (tertiary/aromatic N) is 6. The number of H-pyrrole nitrogens is 2. The van der Waals surface area contributed by atoms with Gasteiger partial charge in [0.05, 0.1) is 22.9 Å². The van der Waals surface area contributed by atoms with Crippen molar-refractivity contribution in [3.8, 4) is 34.2 Å². The molecule has 0 fully saturated rings. The van der Waals surface area contributed by atoms with Crippen molar-refractivity contribution >= 4 is 21.9 Å². The Morgan fingerprint density at radius 3 is 2.71 bits per heavy atom. The van der Waals surface area contributed by atoms with Crippen LogP contribution in [0.4, 0.5) is 0 Å². The summed E-state index contributed by atoms with van der Waals surface area (Å²) >= 11 is 0. The summed E-state index contributed by atoms with van der Waals surface area (Å²) in [6.07, 6.45) is 9.00. The van der Waals surface area contributed by atoms with Gasteiger partial charge in [-0.3, -0.25) is 14.6 Å². The molecule has 0 saturated carbocycles. The Hall–Kier alpha value is -5.31. The lowest BCUT2D eigenvalue weighted by Crippen LogP contribution is -1.95. The zero-order valence-electron chi connectivity index (χ0n) is 20.5. The van der Waals surface area contributed by atoms with Crippen LogP contribution in [0.5, 0.6) is 5.75 Å². The molecule has 0 atom stereocenters. The van der Waals surface area contributed by atoms with Crippen molar-refractivity contribution in [2.24, 2.45) is 0 Å². The highest BCUT2D eigenvalue weighted by atomic mass is 16.5. The van der Waals surface area contributed by atoms with Crippen LogP contribution in [-0.4, -0.2) is 39.7 Å². The van der Waals surface area contributed by atoms with E-state index in [1.54, 1.807) is 18.7 Å².